The number of ether oxygens (including phenoxy) is 3. The fraction of sp³-hybridized carbons (Fsp3) is 1.00. The molecule has 98 valence electrons. The maximum absolute atomic E-state index is 5.76. The van der Waals surface area contributed by atoms with Crippen LogP contribution in [-0.2, 0) is 14.2 Å². The summed E-state index contributed by atoms with van der Waals surface area (Å²) < 4.78 is 16.5. The Bertz CT molecular complexity index is 138. The summed E-state index contributed by atoms with van der Waals surface area (Å²) >= 11 is 1.15. The predicted molar refractivity (Wildman–Crippen MR) is 71.1 cm³/mol. The van der Waals surface area contributed by atoms with E-state index in [2.05, 4.69) is 20.8 Å². The predicted octanol–water partition coefficient (Wildman–Crippen LogP) is 3.22. The Labute approximate surface area is 120 Å². The van der Waals surface area contributed by atoms with Crippen molar-refractivity contribution in [3.63, 3.8) is 0 Å². The van der Waals surface area contributed by atoms with Crippen LogP contribution < -0.4 is 0 Å². The summed E-state index contributed by atoms with van der Waals surface area (Å²) in [6.45, 7) is 8.64. The van der Waals surface area contributed by atoms with Gasteiger partial charge < -0.3 is 0 Å². The van der Waals surface area contributed by atoms with E-state index < -0.39 is 3.99 Å². The van der Waals surface area contributed by atoms with Gasteiger partial charge in [-0.25, -0.2) is 0 Å². The molecule has 0 aromatic carbocycles. The molecule has 17 heavy (non-hydrogen) atoms. The zero-order valence-corrected chi connectivity index (χ0v) is 14.4. The third-order valence-corrected chi connectivity index (χ3v) is 3.61. The Morgan fingerprint density at radius 1 is 0.706 bits per heavy atom. The molecular formula is C13H27O3Sn+3. The fourth-order valence-electron chi connectivity index (χ4n) is 1.18. The van der Waals surface area contributed by atoms with E-state index in [0.717, 1.165) is 80.9 Å². The van der Waals surface area contributed by atoms with E-state index in [9.17, 15) is 0 Å². The second-order valence-corrected chi connectivity index (χ2v) is 5.91. The first-order valence-corrected chi connectivity index (χ1v) is 8.28. The van der Waals surface area contributed by atoms with Gasteiger partial charge in [-0.15, -0.1) is 0 Å². The Morgan fingerprint density at radius 3 is 1.24 bits per heavy atom. The van der Waals surface area contributed by atoms with Gasteiger partial charge in [-0.3, -0.25) is 0 Å². The first kappa shape index (κ1) is 17.7. The van der Waals surface area contributed by atoms with Gasteiger partial charge in [0, 0.05) is 0 Å². The molecule has 3 nitrogen and oxygen atoms in total. The van der Waals surface area contributed by atoms with Gasteiger partial charge in [0.05, 0.1) is 0 Å². The average molecular weight is 350 g/mol. The van der Waals surface area contributed by atoms with Gasteiger partial charge in [0.2, 0.25) is 0 Å². The Morgan fingerprint density at radius 2 is 1.00 bits per heavy atom. The molecule has 0 bridgehead atoms. The maximum atomic E-state index is 5.76. The van der Waals surface area contributed by atoms with Crippen LogP contribution in [0.2, 0.25) is 0 Å². The molecule has 0 spiro atoms. The molecule has 0 aromatic rings. The number of rotatable bonds is 12. The van der Waals surface area contributed by atoms with Crippen LogP contribution in [0.3, 0.4) is 0 Å². The Hall–Kier alpha value is 0.679. The molecule has 0 saturated carbocycles. The van der Waals surface area contributed by atoms with Gasteiger partial charge >= 0.3 is 120 Å². The third-order valence-electron chi connectivity index (χ3n) is 2.37. The zero-order chi connectivity index (χ0) is 13.0. The number of hydrogen-bond donors (Lipinski definition) is 0. The number of unbranched alkanes of at least 4 members (excludes halogenated alkanes) is 3. The summed E-state index contributed by atoms with van der Waals surface area (Å²) in [5.74, 6) is 0. The van der Waals surface area contributed by atoms with E-state index in [1.165, 1.54) is 0 Å². The van der Waals surface area contributed by atoms with Crippen LogP contribution in [-0.4, -0.2) is 46.3 Å². The molecule has 0 N–H and O–H groups in total. The third kappa shape index (κ3) is 10.3. The van der Waals surface area contributed by atoms with E-state index in [1.807, 2.05) is 0 Å². The second kappa shape index (κ2) is 11.8. The van der Waals surface area contributed by atoms with E-state index in [4.69, 9.17) is 14.2 Å². The van der Waals surface area contributed by atoms with Crippen molar-refractivity contribution in [3.05, 3.63) is 0 Å². The van der Waals surface area contributed by atoms with E-state index in [1.54, 1.807) is 0 Å². The van der Waals surface area contributed by atoms with Crippen LogP contribution in [0, 0.1) is 0 Å². The van der Waals surface area contributed by atoms with E-state index >= 15 is 0 Å². The number of hydrogen-bond acceptors (Lipinski definition) is 3. The van der Waals surface area contributed by atoms with E-state index in [0.29, 0.717) is 0 Å². The quantitative estimate of drug-likeness (QED) is 0.307. The van der Waals surface area contributed by atoms with Gasteiger partial charge in [0.25, 0.3) is 0 Å². The summed E-state index contributed by atoms with van der Waals surface area (Å²) in [6.07, 6.45) is 6.58. The minimum atomic E-state index is -0.758. The molecule has 0 rings (SSSR count). The van der Waals surface area contributed by atoms with Gasteiger partial charge in [0.1, 0.15) is 0 Å². The summed E-state index contributed by atoms with van der Waals surface area (Å²) in [7, 11) is 0. The van der Waals surface area contributed by atoms with Gasteiger partial charge in [-0.05, 0) is 0 Å². The molecule has 0 radical (unpaired) electrons. The van der Waals surface area contributed by atoms with Crippen molar-refractivity contribution in [2.75, 3.05) is 19.8 Å². The molecule has 0 aliphatic rings. The Kier molecular flexibility index (Phi) is 12.2. The van der Waals surface area contributed by atoms with Crippen LogP contribution >= 0.6 is 0 Å². The zero-order valence-electron chi connectivity index (χ0n) is 11.6. The molecule has 0 amide bonds. The van der Waals surface area contributed by atoms with Crippen LogP contribution in [0.4, 0.5) is 0 Å². The summed E-state index contributed by atoms with van der Waals surface area (Å²) in [4.78, 5) is 0. The van der Waals surface area contributed by atoms with Crippen molar-refractivity contribution >= 4 is 22.5 Å². The molecule has 0 saturated heterocycles. The molecular weight excluding hydrogens is 323 g/mol. The fourth-order valence-corrected chi connectivity index (χ4v) is 2.05. The average Bonchev–Trinajstić information content (AvgIpc) is 2.30. The topological polar surface area (TPSA) is 27.7 Å². The van der Waals surface area contributed by atoms with Gasteiger partial charge in [-0.2, -0.15) is 0 Å². The molecule has 0 unspecified atom stereocenters. The molecule has 0 aromatic heterocycles. The van der Waals surface area contributed by atoms with E-state index in [-0.39, 0.29) is 0 Å². The van der Waals surface area contributed by atoms with Crippen molar-refractivity contribution in [2.24, 2.45) is 0 Å². The van der Waals surface area contributed by atoms with Crippen LogP contribution in [0.25, 0.3) is 0 Å². The first-order valence-electron chi connectivity index (χ1n) is 6.85. The van der Waals surface area contributed by atoms with Crippen LogP contribution in [0.1, 0.15) is 59.3 Å². The molecule has 0 fully saturated rings. The summed E-state index contributed by atoms with van der Waals surface area (Å²) in [5, 5.41) is 0. The van der Waals surface area contributed by atoms with Gasteiger partial charge in [-0.1, -0.05) is 0 Å². The van der Waals surface area contributed by atoms with Crippen molar-refractivity contribution in [3.8, 4) is 0 Å². The minimum absolute atomic E-state index is 0.722. The monoisotopic (exact) mass is 351 g/mol. The van der Waals surface area contributed by atoms with Crippen LogP contribution in [0.5, 0.6) is 0 Å². The summed E-state index contributed by atoms with van der Waals surface area (Å²) in [6, 6.07) is 0. The SMILES string of the molecule is CCCCO[C]([Sn+3])(OCCCC)OCCCC. The molecule has 0 aliphatic heterocycles. The molecule has 4 heteroatoms. The standard InChI is InChI=1S/C13H27O3.Sn/c1-4-7-10-14-13(15-11-8-5-2)16-12-9-6-3;/h4-12H2,1-3H3;/q;+3. The van der Waals surface area contributed by atoms with Crippen molar-refractivity contribution in [1.82, 2.24) is 0 Å². The molecule has 0 heterocycles. The first-order chi connectivity index (χ1) is 8.18. The normalized spacial score (nSPS) is 12.1. The van der Waals surface area contributed by atoms with Crippen molar-refractivity contribution in [1.29, 1.82) is 0 Å². The summed E-state index contributed by atoms with van der Waals surface area (Å²) in [5.41, 5.74) is 0. The van der Waals surface area contributed by atoms with Gasteiger partial charge in [0.15, 0.2) is 0 Å². The molecule has 0 aliphatic carbocycles. The van der Waals surface area contributed by atoms with Crippen molar-refractivity contribution < 1.29 is 14.2 Å². The second-order valence-electron chi connectivity index (χ2n) is 4.16. The van der Waals surface area contributed by atoms with Crippen molar-refractivity contribution in [2.45, 2.75) is 63.3 Å². The molecule has 0 atom stereocenters. The van der Waals surface area contributed by atoms with Crippen LogP contribution in [0.15, 0.2) is 0 Å². The Balaban J connectivity index is 3.95.